The van der Waals surface area contributed by atoms with Gasteiger partial charge in [0.25, 0.3) is 5.91 Å². The summed E-state index contributed by atoms with van der Waals surface area (Å²) in [6, 6.07) is 3.14. The van der Waals surface area contributed by atoms with Gasteiger partial charge in [-0.05, 0) is 51.0 Å². The van der Waals surface area contributed by atoms with Crippen LogP contribution in [0.1, 0.15) is 25.0 Å². The Bertz CT molecular complexity index is 586. The number of hydrogen-bond donors (Lipinski definition) is 2. The average Bonchev–Trinajstić information content (AvgIpc) is 2.22. The maximum atomic E-state index is 11.5. The average molecular weight is 300 g/mol. The van der Waals surface area contributed by atoms with Gasteiger partial charge in [-0.2, -0.15) is 0 Å². The topological polar surface area (TPSA) is 98.5 Å². The van der Waals surface area contributed by atoms with Gasteiger partial charge in [-0.15, -0.1) is 0 Å². The molecule has 20 heavy (non-hydrogen) atoms. The third-order valence-electron chi connectivity index (χ3n) is 2.54. The molecule has 0 aliphatic carbocycles. The molecule has 0 spiro atoms. The van der Waals surface area contributed by atoms with Crippen LogP contribution in [0.2, 0.25) is 0 Å². The zero-order valence-electron chi connectivity index (χ0n) is 12.1. The lowest BCUT2D eigenvalue weighted by Crippen LogP contribution is -2.34. The van der Waals surface area contributed by atoms with E-state index in [1.807, 2.05) is 13.8 Å². The number of amides is 1. The smallest absolute Gasteiger partial charge is 0.258 e. The predicted octanol–water partition coefficient (Wildman–Crippen LogP) is 0.854. The largest absolute Gasteiger partial charge is 0.484 e. The lowest BCUT2D eigenvalue weighted by molar-refractivity contribution is -0.123. The van der Waals surface area contributed by atoms with E-state index in [9.17, 15) is 13.2 Å². The molecule has 112 valence electrons. The number of nitrogens with two attached hydrogens (primary N) is 1. The van der Waals surface area contributed by atoms with Crippen LogP contribution < -0.4 is 15.2 Å². The third-order valence-corrected chi connectivity index (χ3v) is 3.75. The molecule has 0 bridgehead atoms. The van der Waals surface area contributed by atoms with Crippen LogP contribution in [0.15, 0.2) is 17.0 Å². The molecule has 0 aliphatic rings. The Morgan fingerprint density at radius 3 is 2.20 bits per heavy atom. The highest BCUT2D eigenvalue weighted by Crippen LogP contribution is 2.24. The first-order chi connectivity index (χ1) is 9.11. The lowest BCUT2D eigenvalue weighted by atomic mass is 10.1. The van der Waals surface area contributed by atoms with Crippen LogP contribution in [0.4, 0.5) is 0 Å². The van der Waals surface area contributed by atoms with Crippen molar-refractivity contribution in [2.75, 3.05) is 6.61 Å². The van der Waals surface area contributed by atoms with Crippen molar-refractivity contribution < 1.29 is 17.9 Å². The highest BCUT2D eigenvalue weighted by molar-refractivity contribution is 7.89. The molecule has 0 aliphatic heterocycles. The SMILES string of the molecule is Cc1cc(OCC(=O)NC(C)C)cc(C)c1S(N)(=O)=O. The van der Waals surface area contributed by atoms with Crippen molar-refractivity contribution in [3.63, 3.8) is 0 Å². The predicted molar refractivity (Wildman–Crippen MR) is 76.1 cm³/mol. The molecule has 7 heteroatoms. The maximum absolute atomic E-state index is 11.5. The van der Waals surface area contributed by atoms with E-state index in [-0.39, 0.29) is 23.5 Å². The Kier molecular flexibility index (Phi) is 5.13. The number of ether oxygens (including phenoxy) is 1. The molecule has 3 N–H and O–H groups in total. The summed E-state index contributed by atoms with van der Waals surface area (Å²) in [5, 5.41) is 7.85. The van der Waals surface area contributed by atoms with Crippen molar-refractivity contribution in [2.24, 2.45) is 5.14 Å². The Morgan fingerprint density at radius 2 is 1.80 bits per heavy atom. The van der Waals surface area contributed by atoms with Crippen LogP contribution in [0.3, 0.4) is 0 Å². The van der Waals surface area contributed by atoms with E-state index in [1.165, 1.54) is 0 Å². The van der Waals surface area contributed by atoms with Crippen molar-refractivity contribution >= 4 is 15.9 Å². The van der Waals surface area contributed by atoms with Gasteiger partial charge in [0.2, 0.25) is 10.0 Å². The second-order valence-electron chi connectivity index (χ2n) is 4.94. The maximum Gasteiger partial charge on any atom is 0.258 e. The van der Waals surface area contributed by atoms with E-state index in [4.69, 9.17) is 9.88 Å². The Balaban J connectivity index is 2.88. The van der Waals surface area contributed by atoms with Gasteiger partial charge in [-0.3, -0.25) is 4.79 Å². The molecule has 6 nitrogen and oxygen atoms in total. The van der Waals surface area contributed by atoms with Crippen LogP contribution in [0, 0.1) is 13.8 Å². The van der Waals surface area contributed by atoms with Gasteiger partial charge in [0, 0.05) is 6.04 Å². The van der Waals surface area contributed by atoms with Gasteiger partial charge in [-0.1, -0.05) is 0 Å². The molecule has 0 aromatic heterocycles. The van der Waals surface area contributed by atoms with Crippen LogP contribution in [0.5, 0.6) is 5.75 Å². The third kappa shape index (κ3) is 4.50. The minimum Gasteiger partial charge on any atom is -0.484 e. The van der Waals surface area contributed by atoms with E-state index in [0.29, 0.717) is 16.9 Å². The van der Waals surface area contributed by atoms with E-state index < -0.39 is 10.0 Å². The molecule has 1 rings (SSSR count). The molecule has 0 saturated carbocycles. The fourth-order valence-electron chi connectivity index (χ4n) is 1.96. The summed E-state index contributed by atoms with van der Waals surface area (Å²) in [6.45, 7) is 6.85. The van der Waals surface area contributed by atoms with Gasteiger partial charge in [0.05, 0.1) is 4.90 Å². The molecule has 0 fully saturated rings. The van der Waals surface area contributed by atoms with Gasteiger partial charge in [0.1, 0.15) is 5.75 Å². The first-order valence-corrected chi connectivity index (χ1v) is 7.72. The van der Waals surface area contributed by atoms with Crippen molar-refractivity contribution in [1.82, 2.24) is 5.32 Å². The van der Waals surface area contributed by atoms with E-state index >= 15 is 0 Å². The zero-order valence-corrected chi connectivity index (χ0v) is 12.9. The monoisotopic (exact) mass is 300 g/mol. The second kappa shape index (κ2) is 6.23. The van der Waals surface area contributed by atoms with Crippen molar-refractivity contribution in [2.45, 2.75) is 38.6 Å². The number of sulfonamides is 1. The van der Waals surface area contributed by atoms with Gasteiger partial charge in [0.15, 0.2) is 6.61 Å². The van der Waals surface area contributed by atoms with Gasteiger partial charge in [-0.25, -0.2) is 13.6 Å². The number of carbonyl (C=O) groups is 1. The number of nitrogens with one attached hydrogen (secondary N) is 1. The van der Waals surface area contributed by atoms with Crippen LogP contribution in [-0.2, 0) is 14.8 Å². The van der Waals surface area contributed by atoms with E-state index in [2.05, 4.69) is 5.32 Å². The van der Waals surface area contributed by atoms with Crippen LogP contribution in [0.25, 0.3) is 0 Å². The highest BCUT2D eigenvalue weighted by Gasteiger charge is 2.16. The Morgan fingerprint density at radius 1 is 1.30 bits per heavy atom. The van der Waals surface area contributed by atoms with Crippen molar-refractivity contribution in [3.05, 3.63) is 23.3 Å². The van der Waals surface area contributed by atoms with Gasteiger partial charge < -0.3 is 10.1 Å². The van der Waals surface area contributed by atoms with Crippen LogP contribution >= 0.6 is 0 Å². The normalized spacial score (nSPS) is 11.5. The summed E-state index contributed by atoms with van der Waals surface area (Å²) in [6.07, 6.45) is 0. The summed E-state index contributed by atoms with van der Waals surface area (Å²) in [4.78, 5) is 11.6. The molecule has 1 aromatic carbocycles. The standard InChI is InChI=1S/C13H20N2O4S/c1-8(2)15-12(16)7-19-11-5-9(3)13(10(4)6-11)20(14,17)18/h5-6,8H,7H2,1-4H3,(H,15,16)(H2,14,17,18). The molecule has 0 unspecified atom stereocenters. The lowest BCUT2D eigenvalue weighted by Gasteiger charge is -2.13. The minimum absolute atomic E-state index is 0.0410. The van der Waals surface area contributed by atoms with Crippen LogP contribution in [-0.4, -0.2) is 27.0 Å². The number of rotatable bonds is 5. The molecule has 0 saturated heterocycles. The quantitative estimate of drug-likeness (QED) is 0.842. The number of benzene rings is 1. The summed E-state index contributed by atoms with van der Waals surface area (Å²) in [5.74, 6) is 0.206. The Hall–Kier alpha value is -1.60. The second-order valence-corrected chi connectivity index (χ2v) is 6.44. The molecular formula is C13H20N2O4S. The number of carbonyl (C=O) groups excluding carboxylic acids is 1. The summed E-state index contributed by atoms with van der Waals surface area (Å²) in [5.41, 5.74) is 0.985. The summed E-state index contributed by atoms with van der Waals surface area (Å²) in [7, 11) is -3.76. The first kappa shape index (κ1) is 16.5. The Labute approximate surface area is 119 Å². The highest BCUT2D eigenvalue weighted by atomic mass is 32.2. The number of hydrogen-bond acceptors (Lipinski definition) is 4. The zero-order chi connectivity index (χ0) is 15.5. The minimum atomic E-state index is -3.76. The fraction of sp³-hybridized carbons (Fsp3) is 0.462. The molecular weight excluding hydrogens is 280 g/mol. The number of aryl methyl sites for hydroxylation is 2. The van der Waals surface area contributed by atoms with Crippen molar-refractivity contribution in [1.29, 1.82) is 0 Å². The molecule has 1 aromatic rings. The fourth-order valence-corrected chi connectivity index (χ4v) is 2.97. The number of primary sulfonamides is 1. The molecule has 1 amide bonds. The van der Waals surface area contributed by atoms with E-state index in [0.717, 1.165) is 0 Å². The molecule has 0 radical (unpaired) electrons. The van der Waals surface area contributed by atoms with Gasteiger partial charge >= 0.3 is 0 Å². The van der Waals surface area contributed by atoms with Crippen molar-refractivity contribution in [3.8, 4) is 5.75 Å². The van der Waals surface area contributed by atoms with E-state index in [1.54, 1.807) is 26.0 Å². The summed E-state index contributed by atoms with van der Waals surface area (Å²) < 4.78 is 28.2. The summed E-state index contributed by atoms with van der Waals surface area (Å²) >= 11 is 0. The molecule has 0 heterocycles. The first-order valence-electron chi connectivity index (χ1n) is 6.17. The molecule has 0 atom stereocenters.